The van der Waals surface area contributed by atoms with Crippen molar-refractivity contribution in [1.29, 1.82) is 0 Å². The molecule has 7 nitrogen and oxygen atoms in total. The van der Waals surface area contributed by atoms with Crippen molar-refractivity contribution < 1.29 is 22.7 Å². The summed E-state index contributed by atoms with van der Waals surface area (Å²) in [5.41, 5.74) is 0.897. The van der Waals surface area contributed by atoms with Crippen LogP contribution < -0.4 is 9.46 Å². The van der Waals surface area contributed by atoms with Crippen molar-refractivity contribution >= 4 is 21.6 Å². The molecule has 0 bridgehead atoms. The van der Waals surface area contributed by atoms with Crippen molar-refractivity contribution in [3.8, 4) is 5.75 Å². The molecular formula is C19H22N2O5S. The van der Waals surface area contributed by atoms with Crippen LogP contribution in [0.15, 0.2) is 53.4 Å². The molecule has 0 radical (unpaired) electrons. The van der Waals surface area contributed by atoms with Crippen LogP contribution in [0.25, 0.3) is 0 Å². The molecule has 1 aliphatic heterocycles. The van der Waals surface area contributed by atoms with Gasteiger partial charge in [0.25, 0.3) is 15.9 Å². The number of benzene rings is 2. The summed E-state index contributed by atoms with van der Waals surface area (Å²) in [6.07, 6.45) is 0. The van der Waals surface area contributed by atoms with Crippen LogP contribution in [0.2, 0.25) is 0 Å². The molecule has 1 heterocycles. The Kier molecular flexibility index (Phi) is 5.67. The SMILES string of the molecule is COc1ccc(S(=O)(=O)Nc2ccc(C(=O)N3CCOCC3C)cc2)cc1. The van der Waals surface area contributed by atoms with Gasteiger partial charge in [0.15, 0.2) is 0 Å². The highest BCUT2D eigenvalue weighted by atomic mass is 32.2. The average Bonchev–Trinajstić information content (AvgIpc) is 2.68. The smallest absolute Gasteiger partial charge is 0.261 e. The van der Waals surface area contributed by atoms with Gasteiger partial charge in [-0.05, 0) is 55.5 Å². The molecular weight excluding hydrogens is 368 g/mol. The molecule has 1 aliphatic rings. The van der Waals surface area contributed by atoms with Gasteiger partial charge in [0.05, 0.1) is 31.3 Å². The molecule has 2 aromatic carbocycles. The van der Waals surface area contributed by atoms with Crippen LogP contribution in [0.5, 0.6) is 5.75 Å². The van der Waals surface area contributed by atoms with Gasteiger partial charge >= 0.3 is 0 Å². The fourth-order valence-corrected chi connectivity index (χ4v) is 3.90. The van der Waals surface area contributed by atoms with Gasteiger partial charge < -0.3 is 14.4 Å². The lowest BCUT2D eigenvalue weighted by atomic mass is 10.1. The summed E-state index contributed by atoms with van der Waals surface area (Å²) >= 11 is 0. The summed E-state index contributed by atoms with van der Waals surface area (Å²) in [6, 6.07) is 12.5. The number of carbonyl (C=O) groups is 1. The number of methoxy groups -OCH3 is 1. The van der Waals surface area contributed by atoms with E-state index in [9.17, 15) is 13.2 Å². The van der Waals surface area contributed by atoms with Crippen molar-refractivity contribution in [3.05, 3.63) is 54.1 Å². The van der Waals surface area contributed by atoms with Crippen LogP contribution in [0.1, 0.15) is 17.3 Å². The third-order valence-electron chi connectivity index (χ3n) is 4.38. The first-order valence-corrected chi connectivity index (χ1v) is 10.0. The minimum atomic E-state index is -3.72. The van der Waals surface area contributed by atoms with E-state index in [0.717, 1.165) is 0 Å². The lowest BCUT2D eigenvalue weighted by Gasteiger charge is -2.33. The first-order valence-electron chi connectivity index (χ1n) is 8.56. The van der Waals surface area contributed by atoms with Gasteiger partial charge in [-0.2, -0.15) is 0 Å². The Morgan fingerprint density at radius 1 is 1.15 bits per heavy atom. The maximum Gasteiger partial charge on any atom is 0.261 e. The summed E-state index contributed by atoms with van der Waals surface area (Å²) in [7, 11) is -2.20. The Bertz CT molecular complexity index is 895. The minimum absolute atomic E-state index is 0.0134. The van der Waals surface area contributed by atoms with E-state index >= 15 is 0 Å². The number of ether oxygens (including phenoxy) is 2. The maximum atomic E-state index is 12.6. The standard InChI is InChI=1S/C19H22N2O5S/c1-14-13-26-12-11-21(14)19(22)15-3-5-16(6-4-15)20-27(23,24)18-9-7-17(25-2)8-10-18/h3-10,14,20H,11-13H2,1-2H3. The highest BCUT2D eigenvalue weighted by Gasteiger charge is 2.24. The summed E-state index contributed by atoms with van der Waals surface area (Å²) in [4.78, 5) is 14.5. The van der Waals surface area contributed by atoms with Crippen LogP contribution in [-0.4, -0.2) is 52.1 Å². The second-order valence-electron chi connectivity index (χ2n) is 6.28. The molecule has 0 saturated carbocycles. The summed E-state index contributed by atoms with van der Waals surface area (Å²) in [5, 5.41) is 0. The first kappa shape index (κ1) is 19.2. The van der Waals surface area contributed by atoms with E-state index in [2.05, 4.69) is 4.72 Å². The largest absolute Gasteiger partial charge is 0.497 e. The molecule has 27 heavy (non-hydrogen) atoms. The highest BCUT2D eigenvalue weighted by molar-refractivity contribution is 7.92. The van der Waals surface area contributed by atoms with Gasteiger partial charge in [-0.25, -0.2) is 8.42 Å². The molecule has 1 atom stereocenters. The number of hydrogen-bond donors (Lipinski definition) is 1. The van der Waals surface area contributed by atoms with Gasteiger partial charge in [0.2, 0.25) is 0 Å². The number of hydrogen-bond acceptors (Lipinski definition) is 5. The van der Waals surface area contributed by atoms with Crippen molar-refractivity contribution in [2.24, 2.45) is 0 Å². The van der Waals surface area contributed by atoms with Crippen LogP contribution in [-0.2, 0) is 14.8 Å². The molecule has 0 aliphatic carbocycles. The van der Waals surface area contributed by atoms with Gasteiger partial charge in [0.1, 0.15) is 5.75 Å². The van der Waals surface area contributed by atoms with Crippen molar-refractivity contribution in [3.63, 3.8) is 0 Å². The number of anilines is 1. The Morgan fingerprint density at radius 3 is 2.41 bits per heavy atom. The molecule has 0 spiro atoms. The predicted molar refractivity (Wildman–Crippen MR) is 102 cm³/mol. The molecule has 144 valence electrons. The van der Waals surface area contributed by atoms with E-state index < -0.39 is 10.0 Å². The quantitative estimate of drug-likeness (QED) is 0.847. The number of nitrogens with zero attached hydrogens (tertiary/aromatic N) is 1. The lowest BCUT2D eigenvalue weighted by molar-refractivity contribution is 0.00359. The Morgan fingerprint density at radius 2 is 1.81 bits per heavy atom. The molecule has 3 rings (SSSR count). The zero-order valence-corrected chi connectivity index (χ0v) is 16.0. The number of nitrogens with one attached hydrogen (secondary N) is 1. The van der Waals surface area contributed by atoms with Crippen LogP contribution in [0, 0.1) is 0 Å². The van der Waals surface area contributed by atoms with Gasteiger partial charge in [0, 0.05) is 17.8 Å². The van der Waals surface area contributed by atoms with Crippen molar-refractivity contribution in [1.82, 2.24) is 4.90 Å². The van der Waals surface area contributed by atoms with E-state index in [1.54, 1.807) is 41.3 Å². The summed E-state index contributed by atoms with van der Waals surface area (Å²) in [5.74, 6) is 0.490. The Labute approximate surface area is 158 Å². The van der Waals surface area contributed by atoms with Gasteiger partial charge in [-0.1, -0.05) is 0 Å². The van der Waals surface area contributed by atoms with Crippen LogP contribution in [0.4, 0.5) is 5.69 Å². The molecule has 1 saturated heterocycles. The molecule has 2 aromatic rings. The second-order valence-corrected chi connectivity index (χ2v) is 7.96. The Balaban J connectivity index is 1.72. The van der Waals surface area contributed by atoms with Crippen molar-refractivity contribution in [2.45, 2.75) is 17.9 Å². The lowest BCUT2D eigenvalue weighted by Crippen LogP contribution is -2.47. The number of rotatable bonds is 5. The fraction of sp³-hybridized carbons (Fsp3) is 0.316. The molecule has 1 amide bonds. The number of carbonyl (C=O) groups excluding carboxylic acids is 1. The summed E-state index contributed by atoms with van der Waals surface area (Å²) < 4.78 is 37.8. The predicted octanol–water partition coefficient (Wildman–Crippen LogP) is 2.36. The third kappa shape index (κ3) is 4.40. The monoisotopic (exact) mass is 390 g/mol. The van der Waals surface area contributed by atoms with Crippen molar-refractivity contribution in [2.75, 3.05) is 31.6 Å². The Hall–Kier alpha value is -2.58. The molecule has 8 heteroatoms. The van der Waals surface area contributed by atoms with Crippen LogP contribution in [0.3, 0.4) is 0 Å². The zero-order chi connectivity index (χ0) is 19.4. The molecule has 1 fully saturated rings. The topological polar surface area (TPSA) is 84.9 Å². The fourth-order valence-electron chi connectivity index (χ4n) is 2.84. The normalized spacial score (nSPS) is 17.4. The van der Waals surface area contributed by atoms with Gasteiger partial charge in [-0.3, -0.25) is 9.52 Å². The molecule has 1 unspecified atom stereocenters. The van der Waals surface area contributed by atoms with E-state index in [1.165, 1.54) is 19.2 Å². The highest BCUT2D eigenvalue weighted by Crippen LogP contribution is 2.20. The minimum Gasteiger partial charge on any atom is -0.497 e. The zero-order valence-electron chi connectivity index (χ0n) is 15.2. The third-order valence-corrected chi connectivity index (χ3v) is 5.78. The van der Waals surface area contributed by atoms with E-state index in [1.807, 2.05) is 6.92 Å². The first-order chi connectivity index (χ1) is 12.9. The van der Waals surface area contributed by atoms with Gasteiger partial charge in [-0.15, -0.1) is 0 Å². The number of morpholine rings is 1. The molecule has 0 aromatic heterocycles. The maximum absolute atomic E-state index is 12.6. The van der Waals surface area contributed by atoms with E-state index in [0.29, 0.717) is 36.8 Å². The number of sulfonamides is 1. The second kappa shape index (κ2) is 7.98. The van der Waals surface area contributed by atoms with Crippen LogP contribution >= 0.6 is 0 Å². The van der Waals surface area contributed by atoms with E-state index in [4.69, 9.17) is 9.47 Å². The summed E-state index contributed by atoms with van der Waals surface area (Å²) in [6.45, 7) is 3.53. The van der Waals surface area contributed by atoms with E-state index in [-0.39, 0.29) is 16.8 Å². The average molecular weight is 390 g/mol. The number of amides is 1. The molecule has 1 N–H and O–H groups in total.